The van der Waals surface area contributed by atoms with E-state index in [1.807, 2.05) is 26.8 Å². The van der Waals surface area contributed by atoms with Gasteiger partial charge in [0.25, 0.3) is 0 Å². The second-order valence-corrected chi connectivity index (χ2v) is 7.06. The van der Waals surface area contributed by atoms with Crippen LogP contribution in [0, 0.1) is 0 Å². The number of benzene rings is 1. The van der Waals surface area contributed by atoms with Crippen molar-refractivity contribution in [2.45, 2.75) is 63.9 Å². The highest BCUT2D eigenvalue weighted by molar-refractivity contribution is 5.67. The topological polar surface area (TPSA) is 38.3 Å². The van der Waals surface area contributed by atoms with E-state index in [-0.39, 0.29) is 11.5 Å². The predicted octanol–water partition coefficient (Wildman–Crippen LogP) is 4.41. The summed E-state index contributed by atoms with van der Waals surface area (Å²) in [5.74, 6) is 0. The highest BCUT2D eigenvalue weighted by atomic mass is 16.6. The molecule has 1 aromatic carbocycles. The fourth-order valence-corrected chi connectivity index (χ4v) is 3.14. The molecule has 0 aromatic heterocycles. The van der Waals surface area contributed by atoms with Crippen LogP contribution in [-0.2, 0) is 10.2 Å². The fourth-order valence-electron chi connectivity index (χ4n) is 3.14. The Morgan fingerprint density at radius 1 is 1.14 bits per heavy atom. The number of carbonyl (C=O) groups excluding carboxylic acids is 1. The van der Waals surface area contributed by atoms with Gasteiger partial charge in [-0.05, 0) is 39.2 Å². The summed E-state index contributed by atoms with van der Waals surface area (Å²) in [4.78, 5) is 11.9. The Hall–Kier alpha value is -1.51. The summed E-state index contributed by atoms with van der Waals surface area (Å²) < 4.78 is 5.36. The zero-order chi connectivity index (χ0) is 15.3. The van der Waals surface area contributed by atoms with Crippen LogP contribution < -0.4 is 5.32 Å². The minimum atomic E-state index is -0.448. The van der Waals surface area contributed by atoms with Gasteiger partial charge in [-0.15, -0.1) is 0 Å². The lowest BCUT2D eigenvalue weighted by Crippen LogP contribution is -2.43. The molecule has 0 aliphatic heterocycles. The first-order valence-electron chi connectivity index (χ1n) is 7.94. The van der Waals surface area contributed by atoms with Gasteiger partial charge in [0, 0.05) is 12.0 Å². The molecule has 0 unspecified atom stereocenters. The summed E-state index contributed by atoms with van der Waals surface area (Å²) in [6, 6.07) is 10.6. The third-order valence-corrected chi connectivity index (χ3v) is 4.17. The van der Waals surface area contributed by atoms with Crippen molar-refractivity contribution in [3.63, 3.8) is 0 Å². The van der Waals surface area contributed by atoms with Crippen molar-refractivity contribution in [3.05, 3.63) is 35.9 Å². The van der Waals surface area contributed by atoms with Crippen molar-refractivity contribution in [2.24, 2.45) is 0 Å². The smallest absolute Gasteiger partial charge is 0.407 e. The van der Waals surface area contributed by atoms with Crippen LogP contribution in [0.2, 0.25) is 0 Å². The van der Waals surface area contributed by atoms with E-state index in [1.165, 1.54) is 24.8 Å². The van der Waals surface area contributed by atoms with E-state index in [0.717, 1.165) is 12.8 Å². The molecule has 2 rings (SSSR count). The largest absolute Gasteiger partial charge is 0.444 e. The Labute approximate surface area is 128 Å². The van der Waals surface area contributed by atoms with Crippen molar-refractivity contribution < 1.29 is 9.53 Å². The van der Waals surface area contributed by atoms with Gasteiger partial charge in [-0.1, -0.05) is 49.6 Å². The molecule has 0 saturated heterocycles. The molecule has 116 valence electrons. The van der Waals surface area contributed by atoms with E-state index < -0.39 is 5.60 Å². The van der Waals surface area contributed by atoms with Crippen LogP contribution in [0.25, 0.3) is 0 Å². The first-order valence-corrected chi connectivity index (χ1v) is 7.94. The van der Waals surface area contributed by atoms with Gasteiger partial charge in [0.1, 0.15) is 5.60 Å². The third kappa shape index (κ3) is 4.48. The standard InChI is InChI=1S/C18H27NO2/c1-17(2,3)21-16(20)19-14-18(12-8-5-9-13-18)15-10-6-4-7-11-15/h4,6-7,10-11H,5,8-9,12-14H2,1-3H3,(H,19,20). The van der Waals surface area contributed by atoms with Gasteiger partial charge in [0.2, 0.25) is 0 Å². The molecule has 1 amide bonds. The fraction of sp³-hybridized carbons (Fsp3) is 0.611. The van der Waals surface area contributed by atoms with Gasteiger partial charge in [-0.25, -0.2) is 4.79 Å². The Bertz CT molecular complexity index is 456. The van der Waals surface area contributed by atoms with Gasteiger partial charge in [0.05, 0.1) is 0 Å². The monoisotopic (exact) mass is 289 g/mol. The molecule has 3 heteroatoms. The lowest BCUT2D eigenvalue weighted by molar-refractivity contribution is 0.0507. The van der Waals surface area contributed by atoms with Gasteiger partial charge >= 0.3 is 6.09 Å². The maximum atomic E-state index is 11.9. The lowest BCUT2D eigenvalue weighted by atomic mass is 9.69. The number of hydrogen-bond acceptors (Lipinski definition) is 2. The molecule has 1 N–H and O–H groups in total. The average molecular weight is 289 g/mol. The molecule has 1 fully saturated rings. The van der Waals surface area contributed by atoms with Crippen molar-refractivity contribution in [2.75, 3.05) is 6.54 Å². The van der Waals surface area contributed by atoms with Gasteiger partial charge in [-0.2, -0.15) is 0 Å². The summed E-state index contributed by atoms with van der Waals surface area (Å²) in [5, 5.41) is 2.99. The number of amides is 1. The molecule has 1 aliphatic rings. The molecule has 1 aliphatic carbocycles. The highest BCUT2D eigenvalue weighted by Crippen LogP contribution is 2.38. The van der Waals surface area contributed by atoms with E-state index >= 15 is 0 Å². The van der Waals surface area contributed by atoms with E-state index in [4.69, 9.17) is 4.74 Å². The minimum Gasteiger partial charge on any atom is -0.444 e. The zero-order valence-corrected chi connectivity index (χ0v) is 13.4. The second-order valence-electron chi connectivity index (χ2n) is 7.06. The van der Waals surface area contributed by atoms with Crippen LogP contribution in [0.3, 0.4) is 0 Å². The van der Waals surface area contributed by atoms with Crippen molar-refractivity contribution in [3.8, 4) is 0 Å². The van der Waals surface area contributed by atoms with E-state index in [1.54, 1.807) is 0 Å². The van der Waals surface area contributed by atoms with Crippen LogP contribution in [-0.4, -0.2) is 18.2 Å². The molecule has 1 aromatic rings. The number of nitrogens with one attached hydrogen (secondary N) is 1. The van der Waals surface area contributed by atoms with Crippen LogP contribution in [0.1, 0.15) is 58.4 Å². The summed E-state index contributed by atoms with van der Waals surface area (Å²) >= 11 is 0. The first kappa shape index (κ1) is 15.9. The molecule has 3 nitrogen and oxygen atoms in total. The van der Waals surface area contributed by atoms with Crippen molar-refractivity contribution >= 4 is 6.09 Å². The Morgan fingerprint density at radius 3 is 2.33 bits per heavy atom. The molecular weight excluding hydrogens is 262 g/mol. The number of rotatable bonds is 3. The van der Waals surface area contributed by atoms with Crippen LogP contribution in [0.5, 0.6) is 0 Å². The first-order chi connectivity index (χ1) is 9.91. The summed E-state index contributed by atoms with van der Waals surface area (Å²) in [6.07, 6.45) is 5.69. The average Bonchev–Trinajstić information content (AvgIpc) is 2.45. The molecule has 0 atom stereocenters. The molecule has 0 spiro atoms. The van der Waals surface area contributed by atoms with Gasteiger partial charge in [0.15, 0.2) is 0 Å². The lowest BCUT2D eigenvalue weighted by Gasteiger charge is -2.38. The van der Waals surface area contributed by atoms with Crippen LogP contribution in [0.15, 0.2) is 30.3 Å². The van der Waals surface area contributed by atoms with Crippen molar-refractivity contribution in [1.82, 2.24) is 5.32 Å². The van der Waals surface area contributed by atoms with Crippen LogP contribution >= 0.6 is 0 Å². The third-order valence-electron chi connectivity index (χ3n) is 4.17. The Kier molecular flexibility index (Phi) is 4.92. The quantitative estimate of drug-likeness (QED) is 0.895. The number of ether oxygens (including phenoxy) is 1. The van der Waals surface area contributed by atoms with Crippen molar-refractivity contribution in [1.29, 1.82) is 0 Å². The molecular formula is C18H27NO2. The Balaban J connectivity index is 2.06. The maximum absolute atomic E-state index is 11.9. The molecule has 0 bridgehead atoms. The summed E-state index contributed by atoms with van der Waals surface area (Å²) in [5.41, 5.74) is 0.952. The maximum Gasteiger partial charge on any atom is 0.407 e. The second kappa shape index (κ2) is 6.50. The predicted molar refractivity (Wildman–Crippen MR) is 85.4 cm³/mol. The molecule has 1 saturated carbocycles. The van der Waals surface area contributed by atoms with E-state index in [9.17, 15) is 4.79 Å². The zero-order valence-electron chi connectivity index (χ0n) is 13.4. The number of alkyl carbamates (subject to hydrolysis) is 1. The van der Waals surface area contributed by atoms with Gasteiger partial charge < -0.3 is 10.1 Å². The SMILES string of the molecule is CC(C)(C)OC(=O)NCC1(c2ccccc2)CCCCC1. The van der Waals surface area contributed by atoms with E-state index in [2.05, 4.69) is 29.6 Å². The number of hydrogen-bond donors (Lipinski definition) is 1. The number of carbonyl (C=O) groups is 1. The summed E-state index contributed by atoms with van der Waals surface area (Å²) in [6.45, 7) is 6.33. The highest BCUT2D eigenvalue weighted by Gasteiger charge is 2.34. The minimum absolute atomic E-state index is 0.0659. The van der Waals surface area contributed by atoms with E-state index in [0.29, 0.717) is 6.54 Å². The normalized spacial score (nSPS) is 18.0. The Morgan fingerprint density at radius 2 is 1.76 bits per heavy atom. The van der Waals surface area contributed by atoms with Gasteiger partial charge in [-0.3, -0.25) is 0 Å². The molecule has 21 heavy (non-hydrogen) atoms. The van der Waals surface area contributed by atoms with Crippen LogP contribution in [0.4, 0.5) is 4.79 Å². The molecule has 0 heterocycles. The summed E-state index contributed by atoms with van der Waals surface area (Å²) in [7, 11) is 0. The molecule has 0 radical (unpaired) electrons.